The molecule has 0 atom stereocenters. The van der Waals surface area contributed by atoms with Gasteiger partial charge in [-0.3, -0.25) is 9.69 Å². The number of likely N-dealkylation sites (tertiary alicyclic amines) is 1. The summed E-state index contributed by atoms with van der Waals surface area (Å²) in [6.45, 7) is 2.90. The van der Waals surface area contributed by atoms with Crippen LogP contribution in [0.4, 0.5) is 5.82 Å². The highest BCUT2D eigenvalue weighted by molar-refractivity contribution is 6.03. The summed E-state index contributed by atoms with van der Waals surface area (Å²) in [6, 6.07) is 20.0. The highest BCUT2D eigenvalue weighted by Gasteiger charge is 2.24. The van der Waals surface area contributed by atoms with Crippen LogP contribution in [0.25, 0.3) is 0 Å². The van der Waals surface area contributed by atoms with Crippen LogP contribution in [0.5, 0.6) is 5.75 Å². The van der Waals surface area contributed by atoms with E-state index in [2.05, 4.69) is 39.6 Å². The molecule has 1 N–H and O–H groups in total. The number of benzene rings is 2. The standard InChI is InChI=1S/C27H32N4O2/c32-27(21-8-2-1-3-9-21)29-26-14-17-28-31(26)23-15-18-30(19-16-23)20-22-10-4-7-13-25(22)33-24-11-5-6-12-24/h1-4,7-10,13-14,17,23-24H,5-6,11-12,15-16,18-20H2,(H,29,32). The van der Waals surface area contributed by atoms with Crippen LogP contribution < -0.4 is 10.1 Å². The first-order valence-corrected chi connectivity index (χ1v) is 12.1. The molecule has 6 heteroatoms. The zero-order chi connectivity index (χ0) is 22.5. The molecule has 1 saturated carbocycles. The Morgan fingerprint density at radius 1 is 0.939 bits per heavy atom. The molecule has 0 radical (unpaired) electrons. The number of nitrogens with one attached hydrogen (secondary N) is 1. The molecular weight excluding hydrogens is 412 g/mol. The fraction of sp³-hybridized carbons (Fsp3) is 0.407. The average Bonchev–Trinajstić information content (AvgIpc) is 3.54. The lowest BCUT2D eigenvalue weighted by atomic mass is 10.0. The number of hydrogen-bond donors (Lipinski definition) is 1. The third kappa shape index (κ3) is 5.28. The highest BCUT2D eigenvalue weighted by atomic mass is 16.5. The van der Waals surface area contributed by atoms with Gasteiger partial charge in [0, 0.05) is 36.8 Å². The van der Waals surface area contributed by atoms with Gasteiger partial charge in [-0.15, -0.1) is 0 Å². The highest BCUT2D eigenvalue weighted by Crippen LogP contribution is 2.30. The van der Waals surface area contributed by atoms with E-state index in [0.717, 1.165) is 44.0 Å². The summed E-state index contributed by atoms with van der Waals surface area (Å²) in [5.41, 5.74) is 1.93. The van der Waals surface area contributed by atoms with E-state index in [1.54, 1.807) is 6.20 Å². The lowest BCUT2D eigenvalue weighted by Gasteiger charge is -2.33. The number of carbonyl (C=O) groups excluding carboxylic acids is 1. The Bertz CT molecular complexity index is 1050. The van der Waals surface area contributed by atoms with Crippen LogP contribution in [0, 0.1) is 0 Å². The first-order chi connectivity index (χ1) is 16.3. The van der Waals surface area contributed by atoms with E-state index >= 15 is 0 Å². The van der Waals surface area contributed by atoms with Crippen LogP contribution in [0.15, 0.2) is 66.9 Å². The van der Waals surface area contributed by atoms with Gasteiger partial charge in [0.05, 0.1) is 18.3 Å². The monoisotopic (exact) mass is 444 g/mol. The van der Waals surface area contributed by atoms with Gasteiger partial charge in [0.2, 0.25) is 0 Å². The Balaban J connectivity index is 1.18. The van der Waals surface area contributed by atoms with Crippen molar-refractivity contribution in [3.05, 3.63) is 78.0 Å². The predicted octanol–water partition coefficient (Wildman–Crippen LogP) is 5.29. The summed E-state index contributed by atoms with van der Waals surface area (Å²) in [5.74, 6) is 1.70. The Labute approximate surface area is 195 Å². The van der Waals surface area contributed by atoms with Crippen molar-refractivity contribution in [1.82, 2.24) is 14.7 Å². The van der Waals surface area contributed by atoms with Gasteiger partial charge in [0.15, 0.2) is 0 Å². The number of piperidine rings is 1. The molecule has 0 spiro atoms. The van der Waals surface area contributed by atoms with Crippen molar-refractivity contribution < 1.29 is 9.53 Å². The van der Waals surface area contributed by atoms with Crippen LogP contribution in [0.2, 0.25) is 0 Å². The van der Waals surface area contributed by atoms with E-state index in [0.29, 0.717) is 11.7 Å². The maximum Gasteiger partial charge on any atom is 0.256 e. The normalized spacial score (nSPS) is 17.8. The summed E-state index contributed by atoms with van der Waals surface area (Å²) in [6.07, 6.45) is 9.05. The fourth-order valence-corrected chi connectivity index (χ4v) is 4.98. The molecule has 1 aliphatic heterocycles. The number of hydrogen-bond acceptors (Lipinski definition) is 4. The van der Waals surface area contributed by atoms with E-state index in [-0.39, 0.29) is 11.9 Å². The number of carbonyl (C=O) groups is 1. The van der Waals surface area contributed by atoms with Gasteiger partial charge in [0.1, 0.15) is 11.6 Å². The molecule has 33 heavy (non-hydrogen) atoms. The number of ether oxygens (including phenoxy) is 1. The summed E-state index contributed by atoms with van der Waals surface area (Å²) >= 11 is 0. The maximum atomic E-state index is 12.6. The Kier molecular flexibility index (Phi) is 6.72. The minimum atomic E-state index is -0.103. The summed E-state index contributed by atoms with van der Waals surface area (Å²) < 4.78 is 8.32. The van der Waals surface area contributed by atoms with Gasteiger partial charge in [-0.1, -0.05) is 36.4 Å². The molecule has 172 valence electrons. The molecule has 0 unspecified atom stereocenters. The lowest BCUT2D eigenvalue weighted by molar-refractivity contribution is 0.102. The summed E-state index contributed by atoms with van der Waals surface area (Å²) in [5, 5.41) is 7.56. The van der Waals surface area contributed by atoms with Crippen LogP contribution in [0.3, 0.4) is 0 Å². The predicted molar refractivity (Wildman–Crippen MR) is 129 cm³/mol. The second-order valence-electron chi connectivity index (χ2n) is 9.12. The summed E-state index contributed by atoms with van der Waals surface area (Å²) in [7, 11) is 0. The molecule has 6 nitrogen and oxygen atoms in total. The van der Waals surface area contributed by atoms with Crippen molar-refractivity contribution >= 4 is 11.7 Å². The van der Waals surface area contributed by atoms with Crippen molar-refractivity contribution in [2.75, 3.05) is 18.4 Å². The van der Waals surface area contributed by atoms with Gasteiger partial charge in [-0.25, -0.2) is 4.68 Å². The van der Waals surface area contributed by atoms with Gasteiger partial charge in [-0.05, 0) is 56.7 Å². The van der Waals surface area contributed by atoms with Crippen molar-refractivity contribution in [2.45, 2.75) is 57.2 Å². The minimum Gasteiger partial charge on any atom is -0.490 e. The molecule has 1 aliphatic carbocycles. The fourth-order valence-electron chi connectivity index (χ4n) is 4.98. The molecule has 1 amide bonds. The Hall–Kier alpha value is -3.12. The van der Waals surface area contributed by atoms with Gasteiger partial charge in [-0.2, -0.15) is 5.10 Å². The third-order valence-electron chi connectivity index (χ3n) is 6.81. The van der Waals surface area contributed by atoms with Crippen LogP contribution in [0.1, 0.15) is 60.5 Å². The zero-order valence-electron chi connectivity index (χ0n) is 19.0. The molecule has 2 heterocycles. The maximum absolute atomic E-state index is 12.6. The van der Waals surface area contributed by atoms with Crippen LogP contribution in [-0.2, 0) is 6.54 Å². The lowest BCUT2D eigenvalue weighted by Crippen LogP contribution is -2.35. The van der Waals surface area contributed by atoms with Crippen molar-refractivity contribution in [3.8, 4) is 5.75 Å². The van der Waals surface area contributed by atoms with E-state index in [9.17, 15) is 4.79 Å². The number of rotatable bonds is 7. The van der Waals surface area contributed by atoms with E-state index in [1.165, 1.54) is 31.2 Å². The molecule has 1 saturated heterocycles. The van der Waals surface area contributed by atoms with Gasteiger partial charge >= 0.3 is 0 Å². The molecule has 2 aromatic carbocycles. The quantitative estimate of drug-likeness (QED) is 0.538. The number of para-hydroxylation sites is 1. The first kappa shape index (κ1) is 21.7. The number of anilines is 1. The molecule has 0 bridgehead atoms. The van der Waals surface area contributed by atoms with Crippen molar-refractivity contribution in [3.63, 3.8) is 0 Å². The molecule has 5 rings (SSSR count). The topological polar surface area (TPSA) is 59.4 Å². The number of amides is 1. The first-order valence-electron chi connectivity index (χ1n) is 12.1. The van der Waals surface area contributed by atoms with E-state index in [4.69, 9.17) is 4.74 Å². The average molecular weight is 445 g/mol. The minimum absolute atomic E-state index is 0.103. The smallest absolute Gasteiger partial charge is 0.256 e. The SMILES string of the molecule is O=C(Nc1ccnn1C1CCN(Cc2ccccc2OC2CCCC2)CC1)c1ccccc1. The van der Waals surface area contributed by atoms with E-state index < -0.39 is 0 Å². The number of aromatic nitrogens is 2. The number of nitrogens with zero attached hydrogens (tertiary/aromatic N) is 3. The van der Waals surface area contributed by atoms with Crippen LogP contribution >= 0.6 is 0 Å². The molecule has 2 aliphatic rings. The Morgan fingerprint density at radius 2 is 1.67 bits per heavy atom. The van der Waals surface area contributed by atoms with Gasteiger partial charge in [0.25, 0.3) is 5.91 Å². The molecule has 3 aromatic rings. The summed E-state index contributed by atoms with van der Waals surface area (Å²) in [4.78, 5) is 15.1. The van der Waals surface area contributed by atoms with Gasteiger partial charge < -0.3 is 10.1 Å². The van der Waals surface area contributed by atoms with E-state index in [1.807, 2.05) is 41.1 Å². The third-order valence-corrected chi connectivity index (χ3v) is 6.81. The second-order valence-corrected chi connectivity index (χ2v) is 9.12. The zero-order valence-corrected chi connectivity index (χ0v) is 19.0. The van der Waals surface area contributed by atoms with Crippen molar-refractivity contribution in [1.29, 1.82) is 0 Å². The Morgan fingerprint density at radius 3 is 2.45 bits per heavy atom. The molecular formula is C27H32N4O2. The largest absolute Gasteiger partial charge is 0.490 e. The molecule has 2 fully saturated rings. The second kappa shape index (κ2) is 10.2. The molecule has 1 aromatic heterocycles. The van der Waals surface area contributed by atoms with Crippen molar-refractivity contribution in [2.24, 2.45) is 0 Å². The van der Waals surface area contributed by atoms with Crippen LogP contribution in [-0.4, -0.2) is 39.8 Å².